The monoisotopic (exact) mass is 472 g/mol. The largest absolute Gasteiger partial charge is 0.393 e. The van der Waals surface area contributed by atoms with Crippen LogP contribution in [0.1, 0.15) is 58.7 Å². The topological polar surface area (TPSA) is 98.7 Å². The first-order valence-corrected chi connectivity index (χ1v) is 11.7. The number of rotatable bonds is 6. The van der Waals surface area contributed by atoms with E-state index in [4.69, 9.17) is 5.11 Å². The Kier molecular flexibility index (Phi) is 9.40. The molecule has 0 spiro atoms. The predicted molar refractivity (Wildman–Crippen MR) is 141 cm³/mol. The number of aliphatic hydroxyl groups excluding tert-OH is 1. The van der Waals surface area contributed by atoms with E-state index in [2.05, 4.69) is 26.9 Å². The highest BCUT2D eigenvalue weighted by molar-refractivity contribution is 6.00. The Morgan fingerprint density at radius 3 is 2.40 bits per heavy atom. The Hall–Kier alpha value is -3.68. The van der Waals surface area contributed by atoms with Crippen molar-refractivity contribution in [3.8, 4) is 11.3 Å². The van der Waals surface area contributed by atoms with Crippen LogP contribution < -0.4 is 0 Å². The first kappa shape index (κ1) is 25.9. The molecule has 1 aromatic carbocycles. The number of H-pyrrole nitrogens is 1. The third kappa shape index (κ3) is 7.67. The van der Waals surface area contributed by atoms with Gasteiger partial charge in [-0.2, -0.15) is 0 Å². The van der Waals surface area contributed by atoms with Gasteiger partial charge in [0.1, 0.15) is 12.1 Å². The van der Waals surface area contributed by atoms with Crippen molar-refractivity contribution in [2.75, 3.05) is 20.1 Å². The van der Waals surface area contributed by atoms with Crippen molar-refractivity contribution in [3.05, 3.63) is 71.0 Å². The Bertz CT molecular complexity index is 1180. The fourth-order valence-corrected chi connectivity index (χ4v) is 3.67. The molecule has 7 heteroatoms. The van der Waals surface area contributed by atoms with Crippen LogP contribution in [0.5, 0.6) is 0 Å². The maximum absolute atomic E-state index is 11.8. The predicted octanol–water partition coefficient (Wildman–Crippen LogP) is 5.06. The number of aliphatic hydroxyl groups is 1. The van der Waals surface area contributed by atoms with E-state index in [1.165, 1.54) is 6.92 Å². The summed E-state index contributed by atoms with van der Waals surface area (Å²) in [5.41, 5.74) is 4.70. The molecule has 0 aliphatic carbocycles. The molecule has 0 atom stereocenters. The third-order valence-electron chi connectivity index (χ3n) is 5.73. The molecule has 182 valence electrons. The number of piperidine rings is 1. The highest BCUT2D eigenvalue weighted by atomic mass is 16.3. The average Bonchev–Trinajstić information content (AvgIpc) is 3.30. The maximum Gasteiger partial charge on any atom is 0.163 e. The number of Topliss-reactive ketones (excluding diaryl/α,β-unsaturated/α-hetero) is 1. The molecule has 3 heterocycles. The summed E-state index contributed by atoms with van der Waals surface area (Å²) < 4.78 is 0. The van der Waals surface area contributed by atoms with Crippen LogP contribution in [0.25, 0.3) is 23.4 Å². The summed E-state index contributed by atoms with van der Waals surface area (Å²) in [5.74, 6) is 0.523. The van der Waals surface area contributed by atoms with Gasteiger partial charge in [-0.3, -0.25) is 14.6 Å². The second-order valence-electron chi connectivity index (χ2n) is 8.51. The van der Waals surface area contributed by atoms with Crippen molar-refractivity contribution >= 4 is 36.3 Å². The van der Waals surface area contributed by atoms with Crippen molar-refractivity contribution in [1.82, 2.24) is 14.9 Å². The van der Waals surface area contributed by atoms with Gasteiger partial charge in [0, 0.05) is 42.3 Å². The molecule has 0 radical (unpaired) electrons. The lowest BCUT2D eigenvalue weighted by molar-refractivity contribution is 0.0942. The van der Waals surface area contributed by atoms with E-state index in [0.717, 1.165) is 54.7 Å². The molecule has 3 aromatic rings. The zero-order chi connectivity index (χ0) is 25.2. The molecule has 1 aliphatic rings. The van der Waals surface area contributed by atoms with Crippen LogP contribution in [0.15, 0.2) is 53.7 Å². The second kappa shape index (κ2) is 12.7. The normalized spacial score (nSPS) is 14.7. The molecule has 0 unspecified atom stereocenters. The molecule has 1 fully saturated rings. The van der Waals surface area contributed by atoms with Gasteiger partial charge in [0.15, 0.2) is 5.78 Å². The maximum atomic E-state index is 11.8. The zero-order valence-corrected chi connectivity index (χ0v) is 20.4. The van der Waals surface area contributed by atoms with Gasteiger partial charge in [0.05, 0.1) is 17.4 Å². The van der Waals surface area contributed by atoms with Gasteiger partial charge < -0.3 is 15.0 Å². The number of aliphatic imine (C=N–C) groups is 1. The lowest BCUT2D eigenvalue weighted by atomic mass is 10.1. The molecule has 35 heavy (non-hydrogen) atoms. The quantitative estimate of drug-likeness (QED) is 0.297. The number of hydrogen-bond donors (Lipinski definition) is 2. The van der Waals surface area contributed by atoms with Crippen LogP contribution in [0.3, 0.4) is 0 Å². The lowest BCUT2D eigenvalue weighted by Crippen LogP contribution is -2.32. The summed E-state index contributed by atoms with van der Waals surface area (Å²) in [6.07, 6.45) is 9.92. The van der Waals surface area contributed by atoms with E-state index >= 15 is 0 Å². The van der Waals surface area contributed by atoms with E-state index in [-0.39, 0.29) is 11.9 Å². The molecule has 0 saturated carbocycles. The molecule has 1 saturated heterocycles. The van der Waals surface area contributed by atoms with E-state index in [1.807, 2.05) is 42.5 Å². The Morgan fingerprint density at radius 1 is 1.11 bits per heavy atom. The number of carbonyl (C=O) groups is 2. The van der Waals surface area contributed by atoms with E-state index in [0.29, 0.717) is 16.9 Å². The van der Waals surface area contributed by atoms with Gasteiger partial charge >= 0.3 is 0 Å². The lowest BCUT2D eigenvalue weighted by Gasteiger charge is -2.25. The van der Waals surface area contributed by atoms with Crippen LogP contribution in [0, 0.1) is 0 Å². The highest BCUT2D eigenvalue weighted by Crippen LogP contribution is 2.27. The standard InChI is InChI=1S/C22H19N3O2.C6H13NO/c1-3-23-22-20(15(2)27)13-21(25-22)18-10-11-24-19(12-18)9-8-16-4-6-17(14-26)7-5-16;1-7-4-2-6(8)3-5-7/h3-14,25H,1-2H3;6,8H,2-5H2,1H3/b9-8+,23-3-;. The SMILES string of the molecule is C/C=N\c1[nH]c(-c2ccnc(/C=C/c3ccc(C=O)cc3)c2)cc1C(C)=O.CN1CCC(O)CC1. The Balaban J connectivity index is 0.000000363. The first-order chi connectivity index (χ1) is 16.9. The number of nitrogens with zero attached hydrogens (tertiary/aromatic N) is 3. The first-order valence-electron chi connectivity index (χ1n) is 11.7. The zero-order valence-electron chi connectivity index (χ0n) is 20.4. The molecule has 2 N–H and O–H groups in total. The second-order valence-corrected chi connectivity index (χ2v) is 8.51. The Morgan fingerprint density at radius 2 is 1.80 bits per heavy atom. The van der Waals surface area contributed by atoms with Crippen molar-refractivity contribution < 1.29 is 14.7 Å². The fourth-order valence-electron chi connectivity index (χ4n) is 3.67. The third-order valence-corrected chi connectivity index (χ3v) is 5.73. The number of likely N-dealkylation sites (tertiary alicyclic amines) is 1. The van der Waals surface area contributed by atoms with E-state index in [1.54, 1.807) is 31.5 Å². The number of carbonyl (C=O) groups excluding carboxylic acids is 2. The van der Waals surface area contributed by atoms with Gasteiger partial charge in [0.25, 0.3) is 0 Å². The number of hydrogen-bond acceptors (Lipinski definition) is 6. The van der Waals surface area contributed by atoms with Gasteiger partial charge in [-0.1, -0.05) is 30.3 Å². The van der Waals surface area contributed by atoms with Crippen LogP contribution in [0.4, 0.5) is 5.82 Å². The minimum atomic E-state index is -0.0361. The van der Waals surface area contributed by atoms with E-state index in [9.17, 15) is 9.59 Å². The van der Waals surface area contributed by atoms with Crippen LogP contribution in [0.2, 0.25) is 0 Å². The molecular formula is C28H32N4O3. The van der Waals surface area contributed by atoms with Gasteiger partial charge in [-0.25, -0.2) is 4.99 Å². The molecule has 1 aliphatic heterocycles. The van der Waals surface area contributed by atoms with Gasteiger partial charge in [0.2, 0.25) is 0 Å². The number of aromatic nitrogens is 2. The van der Waals surface area contributed by atoms with Crippen LogP contribution in [-0.4, -0.2) is 64.5 Å². The molecule has 2 aromatic heterocycles. The smallest absolute Gasteiger partial charge is 0.163 e. The van der Waals surface area contributed by atoms with E-state index < -0.39 is 0 Å². The number of pyridine rings is 1. The summed E-state index contributed by atoms with van der Waals surface area (Å²) >= 11 is 0. The Labute approximate surface area is 206 Å². The fraction of sp³-hybridized carbons (Fsp3) is 0.286. The van der Waals surface area contributed by atoms with Crippen LogP contribution >= 0.6 is 0 Å². The number of aromatic amines is 1. The number of aldehydes is 1. The minimum Gasteiger partial charge on any atom is -0.393 e. The highest BCUT2D eigenvalue weighted by Gasteiger charge is 2.13. The molecule has 0 bridgehead atoms. The van der Waals surface area contributed by atoms with Crippen LogP contribution in [-0.2, 0) is 0 Å². The van der Waals surface area contributed by atoms with Crippen molar-refractivity contribution in [2.24, 2.45) is 4.99 Å². The van der Waals surface area contributed by atoms with Crippen molar-refractivity contribution in [1.29, 1.82) is 0 Å². The summed E-state index contributed by atoms with van der Waals surface area (Å²) in [7, 11) is 2.09. The average molecular weight is 473 g/mol. The minimum absolute atomic E-state index is 0.0220. The summed E-state index contributed by atoms with van der Waals surface area (Å²) in [4.78, 5) is 36.6. The molecular weight excluding hydrogens is 440 g/mol. The number of benzene rings is 1. The molecule has 0 amide bonds. The molecule has 4 rings (SSSR count). The molecule has 7 nitrogen and oxygen atoms in total. The summed E-state index contributed by atoms with van der Waals surface area (Å²) in [5, 5.41) is 9.00. The summed E-state index contributed by atoms with van der Waals surface area (Å²) in [6, 6.07) is 12.9. The van der Waals surface area contributed by atoms with Crippen molar-refractivity contribution in [3.63, 3.8) is 0 Å². The van der Waals surface area contributed by atoms with Gasteiger partial charge in [-0.15, -0.1) is 0 Å². The number of nitrogens with one attached hydrogen (secondary N) is 1. The van der Waals surface area contributed by atoms with Gasteiger partial charge in [-0.05, 0) is 63.6 Å². The van der Waals surface area contributed by atoms with Crippen molar-refractivity contribution in [2.45, 2.75) is 32.8 Å². The number of ketones is 1. The summed E-state index contributed by atoms with van der Waals surface area (Å²) in [6.45, 7) is 5.45.